The van der Waals surface area contributed by atoms with Gasteiger partial charge in [-0.05, 0) is 43.5 Å². The van der Waals surface area contributed by atoms with Gasteiger partial charge < -0.3 is 20.0 Å². The minimum atomic E-state index is -3.70. The van der Waals surface area contributed by atoms with Gasteiger partial charge in [-0.25, -0.2) is 0 Å². The number of allylic oxidation sites excluding steroid dienone is 2. The number of carbonyl (C=O) groups is 1. The Kier molecular flexibility index (Phi) is 3.98. The minimum absolute atomic E-state index is 0.0356. The summed E-state index contributed by atoms with van der Waals surface area (Å²) in [4.78, 5) is 12.6. The van der Waals surface area contributed by atoms with Crippen molar-refractivity contribution in [2.75, 3.05) is 0 Å². The predicted octanol–water partition coefficient (Wildman–Crippen LogP) is 3.08. The summed E-state index contributed by atoms with van der Waals surface area (Å²) < 4.78 is 35.0. The van der Waals surface area contributed by atoms with Gasteiger partial charge in [0.2, 0.25) is 5.91 Å². The standard InChI is InChI=1S/C17H16F2N2O4/c1-10(2)3-6-14(21-23)20-15(22)16(7-8-16)11-4-5-12-13(9-11)25-17(18,19)24-12/h3-6,9,23H,1,7-8H2,2H3,(H,20,21,22)/b6-3-. The quantitative estimate of drug-likeness (QED) is 0.288. The Hall–Kier alpha value is -2.90. The van der Waals surface area contributed by atoms with Crippen molar-refractivity contribution < 1.29 is 28.3 Å². The molecule has 0 atom stereocenters. The van der Waals surface area contributed by atoms with Crippen molar-refractivity contribution >= 4 is 11.7 Å². The SMILES string of the molecule is C=C(C)/C=C\C(=N\O)NC(=O)C1(c2ccc3c(c2)OC(F)(F)O3)CC1. The summed E-state index contributed by atoms with van der Waals surface area (Å²) in [5.41, 5.74) is 0.378. The third-order valence-corrected chi connectivity index (χ3v) is 4.01. The van der Waals surface area contributed by atoms with Gasteiger partial charge in [0.1, 0.15) is 0 Å². The third kappa shape index (κ3) is 3.33. The third-order valence-electron chi connectivity index (χ3n) is 4.01. The molecule has 0 aromatic heterocycles. The molecule has 0 unspecified atom stereocenters. The number of nitrogens with one attached hydrogen (secondary N) is 1. The zero-order chi connectivity index (χ0) is 18.2. The van der Waals surface area contributed by atoms with Gasteiger partial charge in [-0.2, -0.15) is 0 Å². The van der Waals surface area contributed by atoms with Gasteiger partial charge >= 0.3 is 6.29 Å². The van der Waals surface area contributed by atoms with Crippen LogP contribution in [0.3, 0.4) is 0 Å². The number of amidine groups is 1. The van der Waals surface area contributed by atoms with Crippen LogP contribution in [0.4, 0.5) is 8.78 Å². The maximum Gasteiger partial charge on any atom is 0.586 e. The summed E-state index contributed by atoms with van der Waals surface area (Å²) in [5, 5.41) is 14.5. The van der Waals surface area contributed by atoms with Gasteiger partial charge in [0.15, 0.2) is 17.3 Å². The van der Waals surface area contributed by atoms with E-state index in [0.29, 0.717) is 24.0 Å². The number of rotatable bonds is 4. The zero-order valence-electron chi connectivity index (χ0n) is 13.4. The fraction of sp³-hybridized carbons (Fsp3) is 0.294. The minimum Gasteiger partial charge on any atom is -0.409 e. The summed E-state index contributed by atoms with van der Waals surface area (Å²) in [6, 6.07) is 4.28. The molecule has 0 saturated heterocycles. The van der Waals surface area contributed by atoms with Gasteiger partial charge in [-0.1, -0.05) is 29.5 Å². The fourth-order valence-corrected chi connectivity index (χ4v) is 2.58. The second-order valence-electron chi connectivity index (χ2n) is 6.03. The van der Waals surface area contributed by atoms with E-state index in [1.807, 2.05) is 0 Å². The molecule has 0 radical (unpaired) electrons. The summed E-state index contributed by atoms with van der Waals surface area (Å²) in [5.74, 6) is -0.615. The molecule has 1 aliphatic heterocycles. The van der Waals surface area contributed by atoms with Crippen LogP contribution in [0.5, 0.6) is 11.5 Å². The van der Waals surface area contributed by atoms with Gasteiger partial charge in [-0.3, -0.25) is 4.79 Å². The molecule has 1 saturated carbocycles. The molecule has 2 N–H and O–H groups in total. The van der Waals surface area contributed by atoms with Crippen molar-refractivity contribution in [1.29, 1.82) is 0 Å². The number of ether oxygens (including phenoxy) is 2. The number of amides is 1. The number of fused-ring (bicyclic) bond motifs is 1. The summed E-state index contributed by atoms with van der Waals surface area (Å²) in [6.07, 6.45) is 0.369. The van der Waals surface area contributed by atoms with Crippen LogP contribution < -0.4 is 14.8 Å². The van der Waals surface area contributed by atoms with E-state index in [4.69, 9.17) is 5.21 Å². The Balaban J connectivity index is 1.79. The first-order valence-corrected chi connectivity index (χ1v) is 7.53. The molecule has 3 rings (SSSR count). The highest BCUT2D eigenvalue weighted by molar-refractivity contribution is 6.08. The molecule has 1 aromatic carbocycles. The Morgan fingerprint density at radius 3 is 2.60 bits per heavy atom. The Labute approximate surface area is 142 Å². The lowest BCUT2D eigenvalue weighted by Gasteiger charge is -2.15. The van der Waals surface area contributed by atoms with Crippen LogP contribution >= 0.6 is 0 Å². The molecule has 132 valence electrons. The number of oxime groups is 1. The lowest BCUT2D eigenvalue weighted by Crippen LogP contribution is -2.38. The van der Waals surface area contributed by atoms with E-state index < -0.39 is 17.6 Å². The average molecular weight is 350 g/mol. The van der Waals surface area contributed by atoms with Crippen molar-refractivity contribution in [2.45, 2.75) is 31.5 Å². The number of halogens is 2. The van der Waals surface area contributed by atoms with Gasteiger partial charge in [0, 0.05) is 0 Å². The highest BCUT2D eigenvalue weighted by Crippen LogP contribution is 2.51. The summed E-state index contributed by atoms with van der Waals surface area (Å²) >= 11 is 0. The van der Waals surface area contributed by atoms with E-state index in [1.54, 1.807) is 19.1 Å². The zero-order valence-corrected chi connectivity index (χ0v) is 13.4. The normalized spacial score (nSPS) is 19.7. The number of hydrogen-bond acceptors (Lipinski definition) is 5. The molecule has 1 heterocycles. The van der Waals surface area contributed by atoms with Gasteiger partial charge in [0.25, 0.3) is 0 Å². The van der Waals surface area contributed by atoms with Crippen LogP contribution in [-0.4, -0.2) is 23.2 Å². The maximum atomic E-state index is 13.1. The van der Waals surface area contributed by atoms with E-state index in [1.165, 1.54) is 18.2 Å². The van der Waals surface area contributed by atoms with Gasteiger partial charge in [0.05, 0.1) is 5.41 Å². The highest BCUT2D eigenvalue weighted by atomic mass is 19.3. The molecule has 0 bridgehead atoms. The summed E-state index contributed by atoms with van der Waals surface area (Å²) in [7, 11) is 0. The number of hydrogen-bond donors (Lipinski definition) is 2. The molecule has 2 aliphatic rings. The van der Waals surface area contributed by atoms with Crippen molar-refractivity contribution in [3.05, 3.63) is 48.1 Å². The van der Waals surface area contributed by atoms with Crippen LogP contribution in [0.2, 0.25) is 0 Å². The Morgan fingerprint density at radius 1 is 1.32 bits per heavy atom. The Bertz CT molecular complexity index is 798. The van der Waals surface area contributed by atoms with Crippen LogP contribution in [0.15, 0.2) is 47.7 Å². The van der Waals surface area contributed by atoms with E-state index in [-0.39, 0.29) is 17.3 Å². The molecule has 1 aromatic rings. The second kappa shape index (κ2) is 5.87. The van der Waals surface area contributed by atoms with E-state index in [2.05, 4.69) is 26.5 Å². The second-order valence-corrected chi connectivity index (χ2v) is 6.03. The van der Waals surface area contributed by atoms with Crippen molar-refractivity contribution in [2.24, 2.45) is 5.16 Å². The first-order valence-electron chi connectivity index (χ1n) is 7.53. The first-order chi connectivity index (χ1) is 11.8. The van der Waals surface area contributed by atoms with E-state index in [9.17, 15) is 13.6 Å². The molecule has 6 nitrogen and oxygen atoms in total. The van der Waals surface area contributed by atoms with E-state index >= 15 is 0 Å². The predicted molar refractivity (Wildman–Crippen MR) is 84.9 cm³/mol. The van der Waals surface area contributed by atoms with Crippen LogP contribution in [0.25, 0.3) is 0 Å². The molecular weight excluding hydrogens is 334 g/mol. The van der Waals surface area contributed by atoms with Crippen LogP contribution in [0.1, 0.15) is 25.3 Å². The number of nitrogens with zero attached hydrogens (tertiary/aromatic N) is 1. The monoisotopic (exact) mass is 350 g/mol. The molecular formula is C17H16F2N2O4. The largest absolute Gasteiger partial charge is 0.586 e. The maximum absolute atomic E-state index is 13.1. The molecule has 8 heteroatoms. The van der Waals surface area contributed by atoms with Crippen molar-refractivity contribution in [3.8, 4) is 11.5 Å². The molecule has 1 aliphatic carbocycles. The first kappa shape index (κ1) is 16.9. The van der Waals surface area contributed by atoms with Gasteiger partial charge in [-0.15, -0.1) is 8.78 Å². The number of alkyl halides is 2. The smallest absolute Gasteiger partial charge is 0.409 e. The van der Waals surface area contributed by atoms with Crippen LogP contribution in [-0.2, 0) is 10.2 Å². The Morgan fingerprint density at radius 2 is 2.00 bits per heavy atom. The lowest BCUT2D eigenvalue weighted by molar-refractivity contribution is -0.286. The molecule has 0 spiro atoms. The van der Waals surface area contributed by atoms with Crippen molar-refractivity contribution in [1.82, 2.24) is 5.32 Å². The number of benzene rings is 1. The lowest BCUT2D eigenvalue weighted by atomic mass is 9.94. The van der Waals surface area contributed by atoms with Crippen molar-refractivity contribution in [3.63, 3.8) is 0 Å². The van der Waals surface area contributed by atoms with Crippen LogP contribution in [0, 0.1) is 0 Å². The highest BCUT2D eigenvalue weighted by Gasteiger charge is 2.53. The topological polar surface area (TPSA) is 80.2 Å². The van der Waals surface area contributed by atoms with E-state index in [0.717, 1.165) is 0 Å². The molecule has 1 fully saturated rings. The average Bonchev–Trinajstić information content (AvgIpc) is 3.28. The summed E-state index contributed by atoms with van der Waals surface area (Å²) in [6.45, 7) is 5.42. The number of carbonyl (C=O) groups excluding carboxylic acids is 1. The molecule has 25 heavy (non-hydrogen) atoms. The molecule has 1 amide bonds. The fourth-order valence-electron chi connectivity index (χ4n) is 2.58.